The second-order valence-corrected chi connectivity index (χ2v) is 3.93. The molecule has 1 aromatic heterocycles. The van der Waals surface area contributed by atoms with Gasteiger partial charge in [0.15, 0.2) is 0 Å². The van der Waals surface area contributed by atoms with Crippen LogP contribution in [0.1, 0.15) is 19.6 Å². The van der Waals surface area contributed by atoms with Crippen molar-refractivity contribution in [2.75, 3.05) is 0 Å². The minimum Gasteiger partial charge on any atom is -0.437 e. The predicted molar refractivity (Wildman–Crippen MR) is 42.2 cm³/mol. The van der Waals surface area contributed by atoms with E-state index in [0.717, 1.165) is 11.0 Å². The molecule has 0 atom stereocenters. The van der Waals surface area contributed by atoms with E-state index in [0.29, 0.717) is 5.25 Å². The molecule has 0 aliphatic rings. The zero-order valence-corrected chi connectivity index (χ0v) is 7.23. The lowest BCUT2D eigenvalue weighted by atomic mass is 10.6. The molecular formula is C7H11NOS. The molecule has 0 N–H and O–H groups in total. The van der Waals surface area contributed by atoms with Crippen LogP contribution in [0.4, 0.5) is 0 Å². The highest BCUT2D eigenvalue weighted by molar-refractivity contribution is 7.99. The maximum atomic E-state index is 5.25. The Balaban J connectivity index is 2.58. The van der Waals surface area contributed by atoms with Gasteiger partial charge < -0.3 is 4.42 Å². The first-order valence-electron chi connectivity index (χ1n) is 3.27. The van der Waals surface area contributed by atoms with Gasteiger partial charge in [-0.1, -0.05) is 25.6 Å². The van der Waals surface area contributed by atoms with Gasteiger partial charge in [-0.3, -0.25) is 0 Å². The molecule has 0 saturated heterocycles. The normalized spacial score (nSPS) is 10.8. The smallest absolute Gasteiger partial charge is 0.256 e. The molecule has 1 rings (SSSR count). The number of hydrogen-bond acceptors (Lipinski definition) is 3. The summed E-state index contributed by atoms with van der Waals surface area (Å²) >= 11 is 1.64. The second-order valence-electron chi connectivity index (χ2n) is 2.40. The van der Waals surface area contributed by atoms with Gasteiger partial charge in [0, 0.05) is 5.25 Å². The summed E-state index contributed by atoms with van der Waals surface area (Å²) in [6.07, 6.45) is 1.74. The Morgan fingerprint density at radius 1 is 1.60 bits per heavy atom. The number of hydrogen-bond donors (Lipinski definition) is 0. The van der Waals surface area contributed by atoms with Crippen LogP contribution in [0, 0.1) is 6.92 Å². The Hall–Kier alpha value is -0.440. The SMILES string of the molecule is Cc1cnc(SC(C)C)o1. The third-order valence-electron chi connectivity index (χ3n) is 0.937. The Bertz CT molecular complexity index is 207. The molecule has 0 unspecified atom stereocenters. The van der Waals surface area contributed by atoms with Gasteiger partial charge in [0.25, 0.3) is 5.22 Å². The molecular weight excluding hydrogens is 146 g/mol. The van der Waals surface area contributed by atoms with Crippen LogP contribution in [0.15, 0.2) is 15.8 Å². The molecule has 10 heavy (non-hydrogen) atoms. The number of nitrogens with zero attached hydrogens (tertiary/aromatic N) is 1. The van der Waals surface area contributed by atoms with Crippen molar-refractivity contribution in [1.82, 2.24) is 4.98 Å². The molecule has 1 heterocycles. The van der Waals surface area contributed by atoms with E-state index in [1.165, 1.54) is 0 Å². The topological polar surface area (TPSA) is 26.0 Å². The van der Waals surface area contributed by atoms with Crippen molar-refractivity contribution in [3.05, 3.63) is 12.0 Å². The fourth-order valence-corrected chi connectivity index (χ4v) is 1.29. The molecule has 2 nitrogen and oxygen atoms in total. The van der Waals surface area contributed by atoms with Gasteiger partial charge in [-0.2, -0.15) is 0 Å². The molecule has 0 aliphatic carbocycles. The van der Waals surface area contributed by atoms with E-state index >= 15 is 0 Å². The number of aromatic nitrogens is 1. The van der Waals surface area contributed by atoms with Crippen molar-refractivity contribution >= 4 is 11.8 Å². The maximum Gasteiger partial charge on any atom is 0.256 e. The highest BCUT2D eigenvalue weighted by atomic mass is 32.2. The molecule has 0 radical (unpaired) electrons. The van der Waals surface area contributed by atoms with E-state index in [1.54, 1.807) is 18.0 Å². The molecule has 0 saturated carbocycles. The van der Waals surface area contributed by atoms with Gasteiger partial charge in [0.2, 0.25) is 0 Å². The van der Waals surface area contributed by atoms with Crippen LogP contribution in [0.25, 0.3) is 0 Å². The van der Waals surface area contributed by atoms with Crippen molar-refractivity contribution in [2.45, 2.75) is 31.2 Å². The number of aryl methyl sites for hydroxylation is 1. The summed E-state index contributed by atoms with van der Waals surface area (Å²) in [5.74, 6) is 0.878. The fourth-order valence-electron chi connectivity index (χ4n) is 0.590. The molecule has 3 heteroatoms. The standard InChI is InChI=1S/C7H11NOS/c1-5(2)10-7-8-4-6(3)9-7/h4-5H,1-3H3. The van der Waals surface area contributed by atoms with Crippen LogP contribution in [-0.4, -0.2) is 10.2 Å². The van der Waals surface area contributed by atoms with E-state index in [2.05, 4.69) is 18.8 Å². The quantitative estimate of drug-likeness (QED) is 0.617. The number of thioether (sulfide) groups is 1. The molecule has 1 aromatic rings. The van der Waals surface area contributed by atoms with Gasteiger partial charge in [0.05, 0.1) is 6.20 Å². The molecule has 0 fully saturated rings. The van der Waals surface area contributed by atoms with E-state index in [1.807, 2.05) is 6.92 Å². The van der Waals surface area contributed by atoms with Crippen molar-refractivity contribution in [2.24, 2.45) is 0 Å². The van der Waals surface area contributed by atoms with Gasteiger partial charge in [0.1, 0.15) is 5.76 Å². The third kappa shape index (κ3) is 2.06. The minimum atomic E-state index is 0.540. The molecule has 0 bridgehead atoms. The Labute approximate surface area is 65.0 Å². The summed E-state index contributed by atoms with van der Waals surface area (Å²) in [4.78, 5) is 4.05. The van der Waals surface area contributed by atoms with Crippen LogP contribution >= 0.6 is 11.8 Å². The Kier molecular flexibility index (Phi) is 2.38. The maximum absolute atomic E-state index is 5.25. The van der Waals surface area contributed by atoms with Gasteiger partial charge in [-0.05, 0) is 6.92 Å². The minimum absolute atomic E-state index is 0.540. The van der Waals surface area contributed by atoms with E-state index < -0.39 is 0 Å². The highest BCUT2D eigenvalue weighted by Crippen LogP contribution is 2.21. The Morgan fingerprint density at radius 3 is 2.70 bits per heavy atom. The van der Waals surface area contributed by atoms with Crippen LogP contribution in [0.5, 0.6) is 0 Å². The lowest BCUT2D eigenvalue weighted by Gasteiger charge is -1.96. The first-order chi connectivity index (χ1) is 4.68. The molecule has 0 aliphatic heterocycles. The van der Waals surface area contributed by atoms with Gasteiger partial charge in [-0.15, -0.1) is 0 Å². The predicted octanol–water partition coefficient (Wildman–Crippen LogP) is 2.48. The average Bonchev–Trinajstić information content (AvgIpc) is 2.13. The lowest BCUT2D eigenvalue weighted by molar-refractivity contribution is 0.431. The van der Waals surface area contributed by atoms with Crippen molar-refractivity contribution < 1.29 is 4.42 Å². The fraction of sp³-hybridized carbons (Fsp3) is 0.571. The lowest BCUT2D eigenvalue weighted by Crippen LogP contribution is -1.84. The van der Waals surface area contributed by atoms with Crippen LogP contribution < -0.4 is 0 Å². The van der Waals surface area contributed by atoms with Crippen LogP contribution in [0.3, 0.4) is 0 Å². The summed E-state index contributed by atoms with van der Waals surface area (Å²) in [6, 6.07) is 0. The molecule has 0 spiro atoms. The van der Waals surface area contributed by atoms with Crippen molar-refractivity contribution in [3.63, 3.8) is 0 Å². The summed E-state index contributed by atoms with van der Waals surface area (Å²) in [5, 5.41) is 1.31. The molecule has 0 amide bonds. The number of oxazole rings is 1. The summed E-state index contributed by atoms with van der Waals surface area (Å²) < 4.78 is 5.25. The largest absolute Gasteiger partial charge is 0.437 e. The van der Waals surface area contributed by atoms with E-state index in [4.69, 9.17) is 4.42 Å². The van der Waals surface area contributed by atoms with Gasteiger partial charge >= 0.3 is 0 Å². The highest BCUT2D eigenvalue weighted by Gasteiger charge is 2.02. The average molecular weight is 157 g/mol. The van der Waals surface area contributed by atoms with Crippen LogP contribution in [0.2, 0.25) is 0 Å². The third-order valence-corrected chi connectivity index (χ3v) is 1.80. The second kappa shape index (κ2) is 3.10. The summed E-state index contributed by atoms with van der Waals surface area (Å²) in [7, 11) is 0. The monoisotopic (exact) mass is 157 g/mol. The number of rotatable bonds is 2. The van der Waals surface area contributed by atoms with Crippen LogP contribution in [-0.2, 0) is 0 Å². The van der Waals surface area contributed by atoms with Gasteiger partial charge in [-0.25, -0.2) is 4.98 Å². The Morgan fingerprint density at radius 2 is 2.30 bits per heavy atom. The first kappa shape index (κ1) is 7.66. The first-order valence-corrected chi connectivity index (χ1v) is 4.15. The zero-order valence-electron chi connectivity index (χ0n) is 6.42. The zero-order chi connectivity index (χ0) is 7.56. The molecule has 56 valence electrons. The van der Waals surface area contributed by atoms with Crippen molar-refractivity contribution in [1.29, 1.82) is 0 Å². The van der Waals surface area contributed by atoms with Crippen molar-refractivity contribution in [3.8, 4) is 0 Å². The summed E-state index contributed by atoms with van der Waals surface area (Å²) in [5.41, 5.74) is 0. The summed E-state index contributed by atoms with van der Waals surface area (Å²) in [6.45, 7) is 6.13. The molecule has 0 aromatic carbocycles. The van der Waals surface area contributed by atoms with E-state index in [9.17, 15) is 0 Å². The van der Waals surface area contributed by atoms with E-state index in [-0.39, 0.29) is 0 Å².